The highest BCUT2D eigenvalue weighted by Crippen LogP contribution is 2.31. The Kier molecular flexibility index (Phi) is 5.61. The van der Waals surface area contributed by atoms with Gasteiger partial charge >= 0.3 is 0 Å². The van der Waals surface area contributed by atoms with Crippen LogP contribution in [0, 0.1) is 13.8 Å². The topological polar surface area (TPSA) is 67.3 Å². The Morgan fingerprint density at radius 1 is 1.15 bits per heavy atom. The van der Waals surface area contributed by atoms with Crippen LogP contribution in [0.1, 0.15) is 41.0 Å². The third-order valence-corrected chi connectivity index (χ3v) is 4.85. The monoisotopic (exact) mass is 374 g/mol. The maximum Gasteiger partial charge on any atom is 0.274 e. The summed E-state index contributed by atoms with van der Waals surface area (Å²) >= 11 is 6.13. The van der Waals surface area contributed by atoms with E-state index in [9.17, 15) is 4.79 Å². The zero-order valence-corrected chi connectivity index (χ0v) is 16.1. The first-order valence-electron chi connectivity index (χ1n) is 8.74. The van der Waals surface area contributed by atoms with Gasteiger partial charge in [-0.15, -0.1) is 0 Å². The number of methoxy groups -OCH3 is 1. The van der Waals surface area contributed by atoms with Crippen molar-refractivity contribution in [3.8, 4) is 5.75 Å². The summed E-state index contributed by atoms with van der Waals surface area (Å²) in [6.45, 7) is 5.60. The van der Waals surface area contributed by atoms with E-state index in [1.165, 1.54) is 6.42 Å². The lowest BCUT2D eigenvalue weighted by Gasteiger charge is -2.27. The van der Waals surface area contributed by atoms with E-state index in [0.29, 0.717) is 28.1 Å². The Morgan fingerprint density at radius 2 is 1.88 bits per heavy atom. The first-order chi connectivity index (χ1) is 12.5. The van der Waals surface area contributed by atoms with Crippen molar-refractivity contribution in [1.29, 1.82) is 0 Å². The third-order valence-electron chi connectivity index (χ3n) is 4.44. The van der Waals surface area contributed by atoms with Gasteiger partial charge in [-0.25, -0.2) is 9.97 Å². The van der Waals surface area contributed by atoms with Crippen LogP contribution in [0.25, 0.3) is 0 Å². The minimum Gasteiger partial charge on any atom is -0.495 e. The lowest BCUT2D eigenvalue weighted by molar-refractivity contribution is 0.102. The van der Waals surface area contributed by atoms with Gasteiger partial charge in [-0.3, -0.25) is 4.79 Å². The molecule has 0 saturated carbocycles. The van der Waals surface area contributed by atoms with Gasteiger partial charge in [0.1, 0.15) is 11.4 Å². The van der Waals surface area contributed by atoms with E-state index in [1.54, 1.807) is 25.3 Å². The molecule has 1 aliphatic heterocycles. The molecule has 7 heteroatoms. The largest absolute Gasteiger partial charge is 0.495 e. The second-order valence-electron chi connectivity index (χ2n) is 6.50. The number of nitrogens with one attached hydrogen (secondary N) is 1. The number of amides is 1. The van der Waals surface area contributed by atoms with Crippen LogP contribution in [-0.4, -0.2) is 36.1 Å². The Bertz CT molecular complexity index is 819. The molecule has 138 valence electrons. The molecule has 2 aromatic rings. The predicted octanol–water partition coefficient (Wildman–Crippen LogP) is 4.00. The number of piperidine rings is 1. The number of carbonyl (C=O) groups is 1. The molecule has 1 aliphatic rings. The molecule has 0 radical (unpaired) electrons. The number of carbonyl (C=O) groups excluding carboxylic acids is 1. The predicted molar refractivity (Wildman–Crippen MR) is 104 cm³/mol. The van der Waals surface area contributed by atoms with Crippen molar-refractivity contribution >= 4 is 29.1 Å². The normalized spacial score (nSPS) is 14.2. The van der Waals surface area contributed by atoms with Gasteiger partial charge in [-0.2, -0.15) is 0 Å². The van der Waals surface area contributed by atoms with Crippen LogP contribution in [0.2, 0.25) is 5.02 Å². The SMILES string of the molecule is COc1cc(Cl)c(C)cc1NC(=O)c1cc(C)nc(N2CCCCC2)n1. The molecule has 1 aromatic carbocycles. The molecule has 1 N–H and O–H groups in total. The molecule has 2 heterocycles. The van der Waals surface area contributed by atoms with Crippen LogP contribution < -0.4 is 15.0 Å². The van der Waals surface area contributed by atoms with E-state index in [0.717, 1.165) is 37.2 Å². The second kappa shape index (κ2) is 7.91. The highest BCUT2D eigenvalue weighted by Gasteiger charge is 2.18. The Hall–Kier alpha value is -2.34. The van der Waals surface area contributed by atoms with Crippen molar-refractivity contribution in [2.75, 3.05) is 30.4 Å². The van der Waals surface area contributed by atoms with Crippen molar-refractivity contribution in [3.63, 3.8) is 0 Å². The summed E-state index contributed by atoms with van der Waals surface area (Å²) in [7, 11) is 1.54. The van der Waals surface area contributed by atoms with E-state index < -0.39 is 0 Å². The fourth-order valence-corrected chi connectivity index (χ4v) is 3.17. The number of aromatic nitrogens is 2. The summed E-state index contributed by atoms with van der Waals surface area (Å²) in [5.74, 6) is 0.832. The Labute approximate surface area is 158 Å². The molecule has 0 aliphatic carbocycles. The molecule has 6 nitrogen and oxygen atoms in total. The Balaban J connectivity index is 1.86. The average Bonchev–Trinajstić information content (AvgIpc) is 2.64. The van der Waals surface area contributed by atoms with E-state index >= 15 is 0 Å². The zero-order valence-electron chi connectivity index (χ0n) is 15.3. The van der Waals surface area contributed by atoms with Crippen LogP contribution in [0.5, 0.6) is 5.75 Å². The summed E-state index contributed by atoms with van der Waals surface area (Å²) in [5.41, 5.74) is 2.53. The fraction of sp³-hybridized carbons (Fsp3) is 0.421. The molecule has 0 spiro atoms. The van der Waals surface area contributed by atoms with E-state index in [4.69, 9.17) is 16.3 Å². The van der Waals surface area contributed by atoms with Crippen molar-refractivity contribution in [2.24, 2.45) is 0 Å². The van der Waals surface area contributed by atoms with Crippen molar-refractivity contribution in [1.82, 2.24) is 9.97 Å². The number of aryl methyl sites for hydroxylation is 2. The van der Waals surface area contributed by atoms with Gasteiger partial charge in [-0.1, -0.05) is 11.6 Å². The smallest absolute Gasteiger partial charge is 0.274 e. The minimum absolute atomic E-state index is 0.297. The third kappa shape index (κ3) is 4.07. The number of nitrogens with zero attached hydrogens (tertiary/aromatic N) is 3. The van der Waals surface area contributed by atoms with Crippen LogP contribution in [0.4, 0.5) is 11.6 Å². The molecule has 1 amide bonds. The first-order valence-corrected chi connectivity index (χ1v) is 9.12. The van der Waals surface area contributed by atoms with Crippen LogP contribution in [0.15, 0.2) is 18.2 Å². The number of rotatable bonds is 4. The molecule has 0 bridgehead atoms. The highest BCUT2D eigenvalue weighted by atomic mass is 35.5. The van der Waals surface area contributed by atoms with Crippen LogP contribution >= 0.6 is 11.6 Å². The van der Waals surface area contributed by atoms with Gasteiger partial charge in [0.15, 0.2) is 0 Å². The maximum absolute atomic E-state index is 12.8. The fourth-order valence-electron chi connectivity index (χ4n) is 3.02. The summed E-state index contributed by atoms with van der Waals surface area (Å²) < 4.78 is 5.32. The summed E-state index contributed by atoms with van der Waals surface area (Å²) in [5, 5.41) is 3.46. The summed E-state index contributed by atoms with van der Waals surface area (Å²) in [6.07, 6.45) is 3.48. The number of halogens is 1. The number of anilines is 2. The van der Waals surface area contributed by atoms with Gasteiger partial charge in [0.25, 0.3) is 5.91 Å². The van der Waals surface area contributed by atoms with E-state index in [2.05, 4.69) is 20.2 Å². The number of hydrogen-bond donors (Lipinski definition) is 1. The van der Waals surface area contributed by atoms with Crippen LogP contribution in [-0.2, 0) is 0 Å². The molecule has 3 rings (SSSR count). The molecule has 1 fully saturated rings. The number of benzene rings is 1. The Morgan fingerprint density at radius 3 is 2.58 bits per heavy atom. The first kappa shape index (κ1) is 18.5. The van der Waals surface area contributed by atoms with Gasteiger partial charge < -0.3 is 15.0 Å². The van der Waals surface area contributed by atoms with Crippen molar-refractivity contribution in [2.45, 2.75) is 33.1 Å². The molecule has 1 aromatic heterocycles. The van der Waals surface area contributed by atoms with Gasteiger partial charge in [0.05, 0.1) is 12.8 Å². The lowest BCUT2D eigenvalue weighted by Crippen LogP contribution is -2.31. The number of hydrogen-bond acceptors (Lipinski definition) is 5. The molecular weight excluding hydrogens is 352 g/mol. The van der Waals surface area contributed by atoms with E-state index in [-0.39, 0.29) is 5.91 Å². The maximum atomic E-state index is 12.8. The summed E-state index contributed by atoms with van der Waals surface area (Å²) in [6, 6.07) is 5.17. The minimum atomic E-state index is -0.297. The van der Waals surface area contributed by atoms with Crippen molar-refractivity contribution < 1.29 is 9.53 Å². The molecular formula is C19H23ClN4O2. The highest BCUT2D eigenvalue weighted by molar-refractivity contribution is 6.31. The van der Waals surface area contributed by atoms with Gasteiger partial charge in [0.2, 0.25) is 5.95 Å². The standard InChI is InChI=1S/C19H23ClN4O2/c1-12-9-15(17(26-3)11-14(12)20)22-18(25)16-10-13(2)21-19(23-16)24-7-5-4-6-8-24/h9-11H,4-8H2,1-3H3,(H,22,25). The quantitative estimate of drug-likeness (QED) is 0.876. The zero-order chi connectivity index (χ0) is 18.7. The lowest BCUT2D eigenvalue weighted by atomic mass is 10.1. The van der Waals surface area contributed by atoms with Gasteiger partial charge in [0, 0.05) is 29.9 Å². The average molecular weight is 375 g/mol. The number of ether oxygens (including phenoxy) is 1. The molecule has 0 unspecified atom stereocenters. The molecule has 26 heavy (non-hydrogen) atoms. The molecule has 0 atom stereocenters. The second-order valence-corrected chi connectivity index (χ2v) is 6.91. The van der Waals surface area contributed by atoms with Gasteiger partial charge in [-0.05, 0) is 50.8 Å². The summed E-state index contributed by atoms with van der Waals surface area (Å²) in [4.78, 5) is 23.9. The van der Waals surface area contributed by atoms with Crippen molar-refractivity contribution in [3.05, 3.63) is 40.2 Å². The van der Waals surface area contributed by atoms with Crippen LogP contribution in [0.3, 0.4) is 0 Å². The molecule has 1 saturated heterocycles. The van der Waals surface area contributed by atoms with E-state index in [1.807, 2.05) is 13.8 Å².